The fourth-order valence-electron chi connectivity index (χ4n) is 2.70. The van der Waals surface area contributed by atoms with E-state index < -0.39 is 5.60 Å². The summed E-state index contributed by atoms with van der Waals surface area (Å²) in [5, 5.41) is 10.5. The zero-order chi connectivity index (χ0) is 18.0. The second kappa shape index (κ2) is 6.48. The van der Waals surface area contributed by atoms with Crippen LogP contribution in [-0.4, -0.2) is 23.6 Å². The number of phenols is 1. The van der Waals surface area contributed by atoms with Gasteiger partial charge in [0.25, 0.3) is 0 Å². The fraction of sp³-hybridized carbons (Fsp3) is 0.190. The summed E-state index contributed by atoms with van der Waals surface area (Å²) in [6, 6.07) is 10.6. The van der Waals surface area contributed by atoms with Gasteiger partial charge in [0.2, 0.25) is 0 Å². The Morgan fingerprint density at radius 1 is 1.20 bits per heavy atom. The van der Waals surface area contributed by atoms with Crippen molar-refractivity contribution in [2.24, 2.45) is 0 Å². The lowest BCUT2D eigenvalue weighted by Gasteiger charge is -2.28. The Bertz CT molecular complexity index is 875. The van der Waals surface area contributed by atoms with Gasteiger partial charge >= 0.3 is 0 Å². The molecule has 25 heavy (non-hydrogen) atoms. The van der Waals surface area contributed by atoms with Gasteiger partial charge in [0.05, 0.1) is 18.2 Å². The largest absolute Gasteiger partial charge is 0.507 e. The SMILES string of the molecule is COc1ccccc1C(=O)/C=C/c1ccc2c(c1O)C=CC(C)(C)O2. The highest BCUT2D eigenvalue weighted by atomic mass is 16.5. The van der Waals surface area contributed by atoms with E-state index in [9.17, 15) is 9.90 Å². The molecule has 0 radical (unpaired) electrons. The van der Waals surface area contributed by atoms with Crippen molar-refractivity contribution < 1.29 is 19.4 Å². The number of allylic oxidation sites excluding steroid dienone is 1. The number of methoxy groups -OCH3 is 1. The lowest BCUT2D eigenvalue weighted by molar-refractivity contribution is 0.104. The Labute approximate surface area is 147 Å². The molecule has 3 rings (SSSR count). The summed E-state index contributed by atoms with van der Waals surface area (Å²) in [5.41, 5.74) is 1.24. The van der Waals surface area contributed by atoms with E-state index in [1.165, 1.54) is 13.2 Å². The lowest BCUT2D eigenvalue weighted by atomic mass is 9.99. The van der Waals surface area contributed by atoms with E-state index in [1.54, 1.807) is 36.4 Å². The molecular formula is C21H20O4. The smallest absolute Gasteiger partial charge is 0.189 e. The van der Waals surface area contributed by atoms with Gasteiger partial charge in [-0.05, 0) is 62.4 Å². The molecule has 0 spiro atoms. The van der Waals surface area contributed by atoms with Crippen molar-refractivity contribution in [2.75, 3.05) is 7.11 Å². The molecule has 4 heteroatoms. The molecule has 2 aromatic rings. The van der Waals surface area contributed by atoms with E-state index in [-0.39, 0.29) is 11.5 Å². The first-order valence-electron chi connectivity index (χ1n) is 8.01. The third-order valence-electron chi connectivity index (χ3n) is 4.02. The van der Waals surface area contributed by atoms with E-state index in [1.807, 2.05) is 32.1 Å². The summed E-state index contributed by atoms with van der Waals surface area (Å²) in [6.07, 6.45) is 6.75. The van der Waals surface area contributed by atoms with Crippen LogP contribution in [0.3, 0.4) is 0 Å². The first-order valence-corrected chi connectivity index (χ1v) is 8.01. The third kappa shape index (κ3) is 3.43. The molecule has 0 unspecified atom stereocenters. The molecule has 1 aliphatic heterocycles. The second-order valence-electron chi connectivity index (χ2n) is 6.35. The summed E-state index contributed by atoms with van der Waals surface area (Å²) in [5.74, 6) is 1.04. The maximum Gasteiger partial charge on any atom is 0.189 e. The number of ether oxygens (including phenoxy) is 2. The number of phenolic OH excluding ortho intramolecular Hbond substituents is 1. The molecule has 1 aliphatic rings. The topological polar surface area (TPSA) is 55.8 Å². The fourth-order valence-corrected chi connectivity index (χ4v) is 2.70. The predicted molar refractivity (Wildman–Crippen MR) is 98.2 cm³/mol. The van der Waals surface area contributed by atoms with Crippen LogP contribution in [0, 0.1) is 0 Å². The first kappa shape index (κ1) is 16.8. The first-order chi connectivity index (χ1) is 11.9. The Morgan fingerprint density at radius 2 is 1.96 bits per heavy atom. The van der Waals surface area contributed by atoms with Gasteiger partial charge in [0, 0.05) is 5.56 Å². The molecule has 0 aliphatic carbocycles. The molecule has 4 nitrogen and oxygen atoms in total. The van der Waals surface area contributed by atoms with Crippen molar-refractivity contribution in [1.29, 1.82) is 0 Å². The summed E-state index contributed by atoms with van der Waals surface area (Å²) in [7, 11) is 1.53. The summed E-state index contributed by atoms with van der Waals surface area (Å²) in [4.78, 5) is 12.4. The van der Waals surface area contributed by atoms with Gasteiger partial charge in [-0.25, -0.2) is 0 Å². The number of hydrogen-bond donors (Lipinski definition) is 1. The number of fused-ring (bicyclic) bond motifs is 1. The maximum atomic E-state index is 12.4. The molecule has 0 saturated carbocycles. The Morgan fingerprint density at radius 3 is 2.72 bits per heavy atom. The number of rotatable bonds is 4. The van der Waals surface area contributed by atoms with Gasteiger partial charge in [-0.3, -0.25) is 4.79 Å². The standard InChI is InChI=1S/C21H20O4/c1-21(2)13-12-16-19(25-21)11-9-14(20(16)23)8-10-17(22)15-6-4-5-7-18(15)24-3/h4-13,23H,1-3H3/b10-8+. The molecular weight excluding hydrogens is 316 g/mol. The molecule has 0 atom stereocenters. The van der Waals surface area contributed by atoms with Crippen LogP contribution in [0.15, 0.2) is 48.6 Å². The average Bonchev–Trinajstić information content (AvgIpc) is 2.60. The van der Waals surface area contributed by atoms with E-state index in [4.69, 9.17) is 9.47 Å². The van der Waals surface area contributed by atoms with Crippen LogP contribution >= 0.6 is 0 Å². The number of ketones is 1. The van der Waals surface area contributed by atoms with E-state index in [0.29, 0.717) is 28.2 Å². The van der Waals surface area contributed by atoms with Crippen molar-refractivity contribution in [3.8, 4) is 17.2 Å². The van der Waals surface area contributed by atoms with Crippen LogP contribution in [0.25, 0.3) is 12.2 Å². The summed E-state index contributed by atoms with van der Waals surface area (Å²) >= 11 is 0. The number of para-hydroxylation sites is 1. The summed E-state index contributed by atoms with van der Waals surface area (Å²) < 4.78 is 11.0. The van der Waals surface area contributed by atoms with Crippen molar-refractivity contribution in [3.05, 3.63) is 65.2 Å². The van der Waals surface area contributed by atoms with Gasteiger partial charge in [-0.2, -0.15) is 0 Å². The van der Waals surface area contributed by atoms with Gasteiger partial charge in [0.1, 0.15) is 22.8 Å². The quantitative estimate of drug-likeness (QED) is 0.660. The zero-order valence-corrected chi connectivity index (χ0v) is 14.4. The highest BCUT2D eigenvalue weighted by Crippen LogP contribution is 2.38. The van der Waals surface area contributed by atoms with Crippen LogP contribution < -0.4 is 9.47 Å². The number of hydrogen-bond acceptors (Lipinski definition) is 4. The van der Waals surface area contributed by atoms with Crippen LogP contribution in [-0.2, 0) is 0 Å². The molecule has 1 N–H and O–H groups in total. The Balaban J connectivity index is 1.89. The lowest BCUT2D eigenvalue weighted by Crippen LogP contribution is -2.27. The van der Waals surface area contributed by atoms with Gasteiger partial charge in [-0.15, -0.1) is 0 Å². The maximum absolute atomic E-state index is 12.4. The molecule has 2 aromatic carbocycles. The minimum Gasteiger partial charge on any atom is -0.507 e. The molecule has 128 valence electrons. The average molecular weight is 336 g/mol. The van der Waals surface area contributed by atoms with Gasteiger partial charge in [0.15, 0.2) is 5.78 Å². The van der Waals surface area contributed by atoms with Crippen LogP contribution in [0.5, 0.6) is 17.2 Å². The van der Waals surface area contributed by atoms with E-state index in [2.05, 4.69) is 0 Å². The van der Waals surface area contributed by atoms with E-state index >= 15 is 0 Å². The number of carbonyl (C=O) groups is 1. The monoisotopic (exact) mass is 336 g/mol. The molecule has 0 aromatic heterocycles. The van der Waals surface area contributed by atoms with Gasteiger partial charge < -0.3 is 14.6 Å². The molecule has 0 bridgehead atoms. The Kier molecular flexibility index (Phi) is 4.36. The normalized spacial score (nSPS) is 14.8. The highest BCUT2D eigenvalue weighted by molar-refractivity contribution is 6.08. The van der Waals surface area contributed by atoms with Crippen molar-refractivity contribution in [2.45, 2.75) is 19.4 Å². The number of aromatic hydroxyl groups is 1. The predicted octanol–water partition coefficient (Wildman–Crippen LogP) is 4.48. The van der Waals surface area contributed by atoms with Gasteiger partial charge in [-0.1, -0.05) is 12.1 Å². The number of benzene rings is 2. The Hall–Kier alpha value is -3.01. The zero-order valence-electron chi connectivity index (χ0n) is 14.4. The molecule has 0 saturated heterocycles. The van der Waals surface area contributed by atoms with Crippen molar-refractivity contribution >= 4 is 17.9 Å². The van der Waals surface area contributed by atoms with Crippen molar-refractivity contribution in [1.82, 2.24) is 0 Å². The molecule has 0 fully saturated rings. The van der Waals surface area contributed by atoms with E-state index in [0.717, 1.165) is 0 Å². The second-order valence-corrected chi connectivity index (χ2v) is 6.35. The van der Waals surface area contributed by atoms with Crippen LogP contribution in [0.4, 0.5) is 0 Å². The minimum atomic E-state index is -0.406. The molecule has 1 heterocycles. The number of carbonyl (C=O) groups excluding carboxylic acids is 1. The third-order valence-corrected chi connectivity index (χ3v) is 4.02. The van der Waals surface area contributed by atoms with Crippen LogP contribution in [0.2, 0.25) is 0 Å². The van der Waals surface area contributed by atoms with Crippen molar-refractivity contribution in [3.63, 3.8) is 0 Å². The molecule has 0 amide bonds. The van der Waals surface area contributed by atoms with Crippen LogP contribution in [0.1, 0.15) is 35.3 Å². The highest BCUT2D eigenvalue weighted by Gasteiger charge is 2.24. The summed E-state index contributed by atoms with van der Waals surface area (Å²) in [6.45, 7) is 3.90. The minimum absolute atomic E-state index is 0.0910.